The van der Waals surface area contributed by atoms with E-state index in [1.165, 1.54) is 16.8 Å². The van der Waals surface area contributed by atoms with E-state index in [0.29, 0.717) is 25.2 Å². The van der Waals surface area contributed by atoms with E-state index in [2.05, 4.69) is 43.0 Å². The zero-order valence-electron chi connectivity index (χ0n) is 17.1. The van der Waals surface area contributed by atoms with Crippen LogP contribution in [-0.2, 0) is 6.54 Å². The Morgan fingerprint density at radius 1 is 1.11 bits per heavy atom. The topological polar surface area (TPSA) is 76.5 Å². The van der Waals surface area contributed by atoms with Gasteiger partial charge in [0.2, 0.25) is 0 Å². The van der Waals surface area contributed by atoms with Crippen molar-refractivity contribution in [2.75, 3.05) is 19.7 Å². The maximum Gasteiger partial charge on any atom is 0.271 e. The fourth-order valence-corrected chi connectivity index (χ4v) is 3.00. The highest BCUT2D eigenvalue weighted by Crippen LogP contribution is 2.07. The minimum Gasteiger partial charge on any atom is -0.492 e. The van der Waals surface area contributed by atoms with E-state index in [1.54, 1.807) is 0 Å². The molecule has 1 N–H and O–H groups in total. The molecule has 152 valence electrons. The van der Waals surface area contributed by atoms with Crippen LogP contribution in [-0.4, -0.2) is 52.4 Å². The second kappa shape index (κ2) is 10.6. The van der Waals surface area contributed by atoms with Crippen LogP contribution in [0.25, 0.3) is 0 Å². The van der Waals surface area contributed by atoms with Gasteiger partial charge in [0.25, 0.3) is 11.5 Å². The molecule has 0 aliphatic carbocycles. The monoisotopic (exact) mass is 386 g/mol. The predicted octanol–water partition coefficient (Wildman–Crippen LogP) is 2.17. The Morgan fingerprint density at radius 3 is 2.43 bits per heavy atom. The number of rotatable bonds is 10. The van der Waals surface area contributed by atoms with Crippen molar-refractivity contribution < 1.29 is 9.53 Å². The van der Waals surface area contributed by atoms with E-state index in [0.717, 1.165) is 12.3 Å². The molecule has 0 fully saturated rings. The van der Waals surface area contributed by atoms with Crippen LogP contribution >= 0.6 is 0 Å². The van der Waals surface area contributed by atoms with Gasteiger partial charge in [-0.15, -0.1) is 0 Å². The van der Waals surface area contributed by atoms with Crippen LogP contribution in [0.3, 0.4) is 0 Å². The van der Waals surface area contributed by atoms with Crippen molar-refractivity contribution in [2.45, 2.75) is 46.3 Å². The zero-order valence-corrected chi connectivity index (χ0v) is 17.1. The molecule has 28 heavy (non-hydrogen) atoms. The van der Waals surface area contributed by atoms with Gasteiger partial charge in [0, 0.05) is 31.2 Å². The lowest BCUT2D eigenvalue weighted by atomic mass is 10.2. The fourth-order valence-electron chi connectivity index (χ4n) is 3.00. The SMILES string of the molecule is CC(C)N(CCNC(=O)c1ccc(=O)n(CCOc2ccccc2)n1)C(C)C. The van der Waals surface area contributed by atoms with Crippen molar-refractivity contribution in [3.05, 3.63) is 58.5 Å². The average Bonchev–Trinajstić information content (AvgIpc) is 2.66. The third kappa shape index (κ3) is 6.49. The number of carbonyl (C=O) groups excluding carboxylic acids is 1. The molecule has 0 aliphatic rings. The minimum absolute atomic E-state index is 0.222. The molecule has 0 aliphatic heterocycles. The van der Waals surface area contributed by atoms with Crippen LogP contribution in [0.5, 0.6) is 5.75 Å². The number of amides is 1. The summed E-state index contributed by atoms with van der Waals surface area (Å²) in [5.74, 6) is 0.439. The maximum absolute atomic E-state index is 12.4. The van der Waals surface area contributed by atoms with Gasteiger partial charge in [-0.25, -0.2) is 4.68 Å². The molecule has 1 aromatic carbocycles. The quantitative estimate of drug-likeness (QED) is 0.677. The number of nitrogens with one attached hydrogen (secondary N) is 1. The average molecular weight is 386 g/mol. The Kier molecular flexibility index (Phi) is 8.19. The summed E-state index contributed by atoms with van der Waals surface area (Å²) in [6.07, 6.45) is 0. The van der Waals surface area contributed by atoms with E-state index >= 15 is 0 Å². The lowest BCUT2D eigenvalue weighted by molar-refractivity contribution is 0.0931. The van der Waals surface area contributed by atoms with Gasteiger partial charge in [0.1, 0.15) is 18.1 Å². The number of ether oxygens (including phenoxy) is 1. The zero-order chi connectivity index (χ0) is 20.5. The van der Waals surface area contributed by atoms with Gasteiger partial charge in [-0.05, 0) is 45.9 Å². The van der Waals surface area contributed by atoms with Crippen LogP contribution in [0.4, 0.5) is 0 Å². The van der Waals surface area contributed by atoms with Crippen LogP contribution in [0.15, 0.2) is 47.3 Å². The molecule has 7 nitrogen and oxygen atoms in total. The van der Waals surface area contributed by atoms with Gasteiger partial charge >= 0.3 is 0 Å². The molecule has 0 saturated heterocycles. The summed E-state index contributed by atoms with van der Waals surface area (Å²) in [4.78, 5) is 26.7. The van der Waals surface area contributed by atoms with Crippen molar-refractivity contribution in [2.24, 2.45) is 0 Å². The molecule has 2 aromatic rings. The number of hydrogen-bond donors (Lipinski definition) is 1. The third-order valence-corrected chi connectivity index (χ3v) is 4.40. The van der Waals surface area contributed by atoms with E-state index in [-0.39, 0.29) is 23.7 Å². The lowest BCUT2D eigenvalue weighted by Gasteiger charge is -2.30. The van der Waals surface area contributed by atoms with Crippen LogP contribution in [0, 0.1) is 0 Å². The van der Waals surface area contributed by atoms with E-state index in [1.807, 2.05) is 30.3 Å². The molecule has 0 spiro atoms. The van der Waals surface area contributed by atoms with E-state index in [9.17, 15) is 9.59 Å². The second-order valence-corrected chi connectivity index (χ2v) is 7.12. The number of nitrogens with zero attached hydrogens (tertiary/aromatic N) is 3. The molecule has 1 amide bonds. The first-order chi connectivity index (χ1) is 13.4. The molecule has 0 atom stereocenters. The first kappa shape index (κ1) is 21.6. The molecule has 0 unspecified atom stereocenters. The third-order valence-electron chi connectivity index (χ3n) is 4.40. The second-order valence-electron chi connectivity index (χ2n) is 7.12. The van der Waals surface area contributed by atoms with Crippen LogP contribution in [0.2, 0.25) is 0 Å². The standard InChI is InChI=1S/C21H30N4O3/c1-16(2)24(17(3)4)13-12-22-21(27)19-10-11-20(26)25(23-19)14-15-28-18-8-6-5-7-9-18/h5-11,16-17H,12-15H2,1-4H3,(H,22,27). The first-order valence-electron chi connectivity index (χ1n) is 9.68. The number of benzene rings is 1. The molecule has 1 aromatic heterocycles. The normalized spacial score (nSPS) is 11.2. The number of carbonyl (C=O) groups is 1. The molecule has 1 heterocycles. The smallest absolute Gasteiger partial charge is 0.271 e. The minimum atomic E-state index is -0.287. The highest BCUT2D eigenvalue weighted by molar-refractivity contribution is 5.91. The molecule has 0 saturated carbocycles. The lowest BCUT2D eigenvalue weighted by Crippen LogP contribution is -2.42. The van der Waals surface area contributed by atoms with E-state index < -0.39 is 0 Å². The van der Waals surface area contributed by atoms with Crippen molar-refractivity contribution in [1.82, 2.24) is 20.0 Å². The summed E-state index contributed by atoms with van der Waals surface area (Å²) < 4.78 is 6.85. The number of hydrogen-bond acceptors (Lipinski definition) is 5. The van der Waals surface area contributed by atoms with Crippen molar-refractivity contribution in [3.63, 3.8) is 0 Å². The van der Waals surface area contributed by atoms with Gasteiger partial charge in [-0.2, -0.15) is 5.10 Å². The van der Waals surface area contributed by atoms with Crippen LogP contribution in [0.1, 0.15) is 38.2 Å². The maximum atomic E-state index is 12.4. The Labute approximate surface area is 166 Å². The molecular formula is C21H30N4O3. The first-order valence-corrected chi connectivity index (χ1v) is 9.68. The fraction of sp³-hybridized carbons (Fsp3) is 0.476. The Morgan fingerprint density at radius 2 is 1.79 bits per heavy atom. The van der Waals surface area contributed by atoms with Crippen molar-refractivity contribution >= 4 is 5.91 Å². The Bertz CT molecular complexity index is 795. The van der Waals surface area contributed by atoms with Gasteiger partial charge in [0.15, 0.2) is 0 Å². The molecule has 2 rings (SSSR count). The predicted molar refractivity (Wildman–Crippen MR) is 110 cm³/mol. The van der Waals surface area contributed by atoms with Crippen molar-refractivity contribution in [1.29, 1.82) is 0 Å². The highest BCUT2D eigenvalue weighted by Gasteiger charge is 2.14. The largest absolute Gasteiger partial charge is 0.492 e. The summed E-state index contributed by atoms with van der Waals surface area (Å²) in [6, 6.07) is 13.0. The van der Waals surface area contributed by atoms with Crippen molar-refractivity contribution in [3.8, 4) is 5.75 Å². The molecule has 7 heteroatoms. The summed E-state index contributed by atoms with van der Waals surface area (Å²) in [7, 11) is 0. The van der Waals surface area contributed by atoms with Gasteiger partial charge in [-0.3, -0.25) is 14.5 Å². The molecular weight excluding hydrogens is 356 g/mol. The molecule has 0 radical (unpaired) electrons. The Hall–Kier alpha value is -2.67. The summed E-state index contributed by atoms with van der Waals surface area (Å²) in [6.45, 7) is 10.4. The Balaban J connectivity index is 1.90. The van der Waals surface area contributed by atoms with Gasteiger partial charge < -0.3 is 10.1 Å². The van der Waals surface area contributed by atoms with Crippen LogP contribution < -0.4 is 15.6 Å². The van der Waals surface area contributed by atoms with Gasteiger partial charge in [0.05, 0.1) is 6.54 Å². The van der Waals surface area contributed by atoms with E-state index in [4.69, 9.17) is 4.74 Å². The highest BCUT2D eigenvalue weighted by atomic mass is 16.5. The number of aromatic nitrogens is 2. The summed E-state index contributed by atoms with van der Waals surface area (Å²) in [5, 5.41) is 7.05. The number of para-hydroxylation sites is 1. The molecule has 0 bridgehead atoms. The van der Waals surface area contributed by atoms with Gasteiger partial charge in [-0.1, -0.05) is 18.2 Å². The summed E-state index contributed by atoms with van der Waals surface area (Å²) in [5.41, 5.74) is -0.0426. The summed E-state index contributed by atoms with van der Waals surface area (Å²) >= 11 is 0.